The lowest BCUT2D eigenvalue weighted by molar-refractivity contribution is -0.117. The third-order valence-corrected chi connectivity index (χ3v) is 4.84. The summed E-state index contributed by atoms with van der Waals surface area (Å²) in [5.41, 5.74) is 2.42. The Hall–Kier alpha value is -2.70. The Kier molecular flexibility index (Phi) is 5.18. The van der Waals surface area contributed by atoms with Crippen LogP contribution in [0.3, 0.4) is 0 Å². The molecule has 27 heavy (non-hydrogen) atoms. The van der Waals surface area contributed by atoms with Gasteiger partial charge in [0.05, 0.1) is 12.1 Å². The molecule has 0 atom stereocenters. The third kappa shape index (κ3) is 4.35. The number of nitrogens with zero attached hydrogens (tertiary/aromatic N) is 3. The van der Waals surface area contributed by atoms with E-state index in [1.807, 2.05) is 42.5 Å². The number of carbonyl (C=O) groups is 1. The van der Waals surface area contributed by atoms with Crippen LogP contribution in [0.15, 0.2) is 48.8 Å². The Morgan fingerprint density at radius 2 is 1.78 bits per heavy atom. The molecular formula is C20H20ClN5O. The van der Waals surface area contributed by atoms with E-state index in [0.717, 1.165) is 35.4 Å². The molecule has 4 rings (SSSR count). The van der Waals surface area contributed by atoms with Crippen LogP contribution < -0.4 is 10.6 Å². The van der Waals surface area contributed by atoms with Gasteiger partial charge in [-0.15, -0.1) is 0 Å². The number of carbonyl (C=O) groups excluding carboxylic acids is 1. The van der Waals surface area contributed by atoms with Crippen LogP contribution in [0, 0.1) is 0 Å². The standard InChI is InChI=1S/C20H20ClN5O/c21-14-3-5-15(6-4-14)25-20-17-11-16(7-8-18(17)22-13-23-20)24-19(27)12-26-9-1-2-10-26/h3-8,11,13H,1-2,9-10,12H2,(H,24,27)(H,22,23,25). The van der Waals surface area contributed by atoms with Gasteiger partial charge in [0.1, 0.15) is 12.1 Å². The minimum Gasteiger partial charge on any atom is -0.340 e. The minimum atomic E-state index is 0.000287. The summed E-state index contributed by atoms with van der Waals surface area (Å²) >= 11 is 5.94. The molecule has 1 aliphatic heterocycles. The normalized spacial score (nSPS) is 14.4. The van der Waals surface area contributed by atoms with Crippen molar-refractivity contribution >= 4 is 45.6 Å². The maximum absolute atomic E-state index is 12.3. The van der Waals surface area contributed by atoms with Gasteiger partial charge in [-0.25, -0.2) is 9.97 Å². The Bertz CT molecular complexity index is 954. The van der Waals surface area contributed by atoms with E-state index in [4.69, 9.17) is 11.6 Å². The molecule has 1 aromatic heterocycles. The quantitative estimate of drug-likeness (QED) is 0.697. The Labute approximate surface area is 162 Å². The maximum Gasteiger partial charge on any atom is 0.238 e. The molecule has 1 amide bonds. The lowest BCUT2D eigenvalue weighted by atomic mass is 10.2. The van der Waals surface area contributed by atoms with Gasteiger partial charge < -0.3 is 10.6 Å². The van der Waals surface area contributed by atoms with E-state index in [-0.39, 0.29) is 5.91 Å². The van der Waals surface area contributed by atoms with Crippen molar-refractivity contribution in [1.29, 1.82) is 0 Å². The molecule has 2 heterocycles. The molecule has 0 aliphatic carbocycles. The van der Waals surface area contributed by atoms with Crippen molar-refractivity contribution in [3.63, 3.8) is 0 Å². The van der Waals surface area contributed by atoms with Crippen molar-refractivity contribution in [1.82, 2.24) is 14.9 Å². The molecule has 0 saturated carbocycles. The largest absolute Gasteiger partial charge is 0.340 e. The number of likely N-dealkylation sites (tertiary alicyclic amines) is 1. The van der Waals surface area contributed by atoms with Crippen LogP contribution in [-0.4, -0.2) is 40.4 Å². The molecule has 2 aromatic carbocycles. The van der Waals surface area contributed by atoms with Gasteiger partial charge in [0, 0.05) is 21.8 Å². The van der Waals surface area contributed by atoms with E-state index < -0.39 is 0 Å². The number of amides is 1. The van der Waals surface area contributed by atoms with Gasteiger partial charge >= 0.3 is 0 Å². The number of rotatable bonds is 5. The van der Waals surface area contributed by atoms with Crippen LogP contribution >= 0.6 is 11.6 Å². The van der Waals surface area contributed by atoms with Crippen molar-refractivity contribution in [2.75, 3.05) is 30.3 Å². The Morgan fingerprint density at radius 1 is 1.04 bits per heavy atom. The first-order valence-corrected chi connectivity index (χ1v) is 9.35. The second-order valence-electron chi connectivity index (χ2n) is 6.62. The first-order chi connectivity index (χ1) is 13.2. The second kappa shape index (κ2) is 7.90. The van der Waals surface area contributed by atoms with Crippen molar-refractivity contribution < 1.29 is 4.79 Å². The van der Waals surface area contributed by atoms with Crippen LogP contribution in [0.4, 0.5) is 17.2 Å². The monoisotopic (exact) mass is 381 g/mol. The van der Waals surface area contributed by atoms with Crippen molar-refractivity contribution in [3.05, 3.63) is 53.8 Å². The van der Waals surface area contributed by atoms with Gasteiger partial charge in [0.15, 0.2) is 0 Å². The predicted molar refractivity (Wildman–Crippen MR) is 109 cm³/mol. The molecule has 0 radical (unpaired) electrons. The Morgan fingerprint density at radius 3 is 2.56 bits per heavy atom. The van der Waals surface area contributed by atoms with Crippen LogP contribution in [0.25, 0.3) is 10.9 Å². The topological polar surface area (TPSA) is 70.2 Å². The van der Waals surface area contributed by atoms with Crippen LogP contribution in [0.1, 0.15) is 12.8 Å². The summed E-state index contributed by atoms with van der Waals surface area (Å²) in [6.07, 6.45) is 3.85. The molecule has 138 valence electrons. The first-order valence-electron chi connectivity index (χ1n) is 8.97. The second-order valence-corrected chi connectivity index (χ2v) is 7.05. The number of hydrogen-bond donors (Lipinski definition) is 2. The highest BCUT2D eigenvalue weighted by atomic mass is 35.5. The summed E-state index contributed by atoms with van der Waals surface area (Å²) < 4.78 is 0. The van der Waals surface area contributed by atoms with E-state index in [1.54, 1.807) is 0 Å². The highest BCUT2D eigenvalue weighted by molar-refractivity contribution is 6.30. The molecule has 3 aromatic rings. The zero-order valence-corrected chi connectivity index (χ0v) is 15.5. The van der Waals surface area contributed by atoms with Crippen LogP contribution in [-0.2, 0) is 4.79 Å². The number of nitrogens with one attached hydrogen (secondary N) is 2. The van der Waals surface area contributed by atoms with E-state index >= 15 is 0 Å². The average Bonchev–Trinajstić information content (AvgIpc) is 3.17. The smallest absolute Gasteiger partial charge is 0.238 e. The summed E-state index contributed by atoms with van der Waals surface area (Å²) in [7, 11) is 0. The summed E-state index contributed by atoms with van der Waals surface area (Å²) in [4.78, 5) is 23.1. The number of hydrogen-bond acceptors (Lipinski definition) is 5. The first kappa shape index (κ1) is 17.7. The van der Waals surface area contributed by atoms with E-state index in [0.29, 0.717) is 17.4 Å². The summed E-state index contributed by atoms with van der Waals surface area (Å²) in [5, 5.41) is 7.78. The van der Waals surface area contributed by atoms with Gasteiger partial charge in [-0.1, -0.05) is 11.6 Å². The molecule has 1 fully saturated rings. The van der Waals surface area contributed by atoms with Gasteiger partial charge in [0.25, 0.3) is 0 Å². The Balaban J connectivity index is 1.55. The number of benzene rings is 2. The zero-order valence-electron chi connectivity index (χ0n) is 14.8. The molecule has 0 unspecified atom stereocenters. The average molecular weight is 382 g/mol. The number of halogens is 1. The summed E-state index contributed by atoms with van der Waals surface area (Å²) in [6, 6.07) is 13.1. The fourth-order valence-corrected chi connectivity index (χ4v) is 3.37. The molecule has 2 N–H and O–H groups in total. The molecule has 0 bridgehead atoms. The number of fused-ring (bicyclic) bond motifs is 1. The molecule has 7 heteroatoms. The molecule has 0 spiro atoms. The predicted octanol–water partition coefficient (Wildman–Crippen LogP) is 4.06. The number of anilines is 3. The van der Waals surface area contributed by atoms with Crippen LogP contribution in [0.5, 0.6) is 0 Å². The van der Waals surface area contributed by atoms with Crippen molar-refractivity contribution in [2.24, 2.45) is 0 Å². The number of aromatic nitrogens is 2. The fourth-order valence-electron chi connectivity index (χ4n) is 3.25. The molecular weight excluding hydrogens is 362 g/mol. The summed E-state index contributed by atoms with van der Waals surface area (Å²) in [6.45, 7) is 2.42. The third-order valence-electron chi connectivity index (χ3n) is 4.59. The van der Waals surface area contributed by atoms with Gasteiger partial charge in [-0.05, 0) is 68.4 Å². The molecule has 1 saturated heterocycles. The minimum absolute atomic E-state index is 0.000287. The highest BCUT2D eigenvalue weighted by Crippen LogP contribution is 2.26. The van der Waals surface area contributed by atoms with Gasteiger partial charge in [0.2, 0.25) is 5.91 Å². The van der Waals surface area contributed by atoms with E-state index in [9.17, 15) is 4.79 Å². The zero-order chi connectivity index (χ0) is 18.6. The maximum atomic E-state index is 12.3. The fraction of sp³-hybridized carbons (Fsp3) is 0.250. The van der Waals surface area contributed by atoms with E-state index in [1.165, 1.54) is 19.2 Å². The van der Waals surface area contributed by atoms with Gasteiger partial charge in [-0.3, -0.25) is 9.69 Å². The SMILES string of the molecule is O=C(CN1CCCC1)Nc1ccc2ncnc(Nc3ccc(Cl)cc3)c2c1. The highest BCUT2D eigenvalue weighted by Gasteiger charge is 2.15. The van der Waals surface area contributed by atoms with Crippen LogP contribution in [0.2, 0.25) is 5.02 Å². The molecule has 1 aliphatic rings. The molecule has 6 nitrogen and oxygen atoms in total. The lowest BCUT2D eigenvalue weighted by Crippen LogP contribution is -2.30. The van der Waals surface area contributed by atoms with Crippen molar-refractivity contribution in [2.45, 2.75) is 12.8 Å². The summed E-state index contributed by atoms with van der Waals surface area (Å²) in [5.74, 6) is 0.679. The van der Waals surface area contributed by atoms with Crippen molar-refractivity contribution in [3.8, 4) is 0 Å². The van der Waals surface area contributed by atoms with E-state index in [2.05, 4.69) is 25.5 Å². The lowest BCUT2D eigenvalue weighted by Gasteiger charge is -2.14. The van der Waals surface area contributed by atoms with Gasteiger partial charge in [-0.2, -0.15) is 0 Å².